The summed E-state index contributed by atoms with van der Waals surface area (Å²) in [7, 11) is 0. The second-order valence-electron chi connectivity index (χ2n) is 4.43. The lowest BCUT2D eigenvalue weighted by Crippen LogP contribution is -2.20. The minimum Gasteiger partial charge on any atom is -0.344 e. The highest BCUT2D eigenvalue weighted by atomic mass is 15.0. The Morgan fingerprint density at radius 1 is 1.38 bits per heavy atom. The van der Waals surface area contributed by atoms with Gasteiger partial charge in [0.15, 0.2) is 0 Å². The van der Waals surface area contributed by atoms with E-state index in [1.54, 1.807) is 6.20 Å². The van der Waals surface area contributed by atoms with Crippen molar-refractivity contribution in [1.29, 1.82) is 0 Å². The molecule has 2 aromatic rings. The smallest absolute Gasteiger partial charge is 0.127 e. The molecule has 1 aliphatic rings. The zero-order chi connectivity index (χ0) is 11.2. The number of aryl methyl sites for hydroxylation is 1. The number of hydrogen-bond donors (Lipinski definition) is 2. The monoisotopic (exact) mass is 214 g/mol. The minimum atomic E-state index is -0.211. The van der Waals surface area contributed by atoms with E-state index < -0.39 is 0 Å². The maximum atomic E-state index is 6.11. The molecule has 16 heavy (non-hydrogen) atoms. The number of H-pyrrole nitrogens is 1. The third kappa shape index (κ3) is 1.42. The van der Waals surface area contributed by atoms with Gasteiger partial charge < -0.3 is 10.7 Å². The van der Waals surface area contributed by atoms with Crippen molar-refractivity contribution in [2.24, 2.45) is 5.73 Å². The van der Waals surface area contributed by atoms with Gasteiger partial charge in [-0.25, -0.2) is 4.98 Å². The molecular formula is C12H14N4. The highest BCUT2D eigenvalue weighted by Gasteiger charge is 2.43. The van der Waals surface area contributed by atoms with Crippen LogP contribution < -0.4 is 5.73 Å². The summed E-state index contributed by atoms with van der Waals surface area (Å²) in [5.41, 5.74) is 8.74. The Kier molecular flexibility index (Phi) is 1.88. The molecule has 0 atom stereocenters. The third-order valence-corrected chi connectivity index (χ3v) is 3.05. The average molecular weight is 214 g/mol. The summed E-state index contributed by atoms with van der Waals surface area (Å²) in [6, 6.07) is 5.83. The summed E-state index contributed by atoms with van der Waals surface area (Å²) in [4.78, 5) is 12.1. The molecular weight excluding hydrogens is 200 g/mol. The van der Waals surface area contributed by atoms with Crippen LogP contribution in [0, 0.1) is 6.92 Å². The van der Waals surface area contributed by atoms with Crippen LogP contribution in [0.4, 0.5) is 0 Å². The fraction of sp³-hybridized carbons (Fsp3) is 0.333. The van der Waals surface area contributed by atoms with Gasteiger partial charge in [-0.2, -0.15) is 0 Å². The number of imidazole rings is 1. The van der Waals surface area contributed by atoms with Crippen LogP contribution in [0.3, 0.4) is 0 Å². The van der Waals surface area contributed by atoms with Gasteiger partial charge >= 0.3 is 0 Å². The molecule has 3 rings (SSSR count). The molecule has 0 saturated heterocycles. The number of nitrogens with one attached hydrogen (secondary N) is 1. The predicted octanol–water partition coefficient (Wildman–Crippen LogP) is 1.73. The lowest BCUT2D eigenvalue weighted by Gasteiger charge is -2.01. The van der Waals surface area contributed by atoms with Gasteiger partial charge in [-0.3, -0.25) is 4.98 Å². The summed E-state index contributed by atoms with van der Waals surface area (Å²) in [5, 5.41) is 0. The van der Waals surface area contributed by atoms with E-state index in [4.69, 9.17) is 5.73 Å². The molecule has 0 bridgehead atoms. The number of hydrogen-bond acceptors (Lipinski definition) is 3. The Morgan fingerprint density at radius 2 is 2.19 bits per heavy atom. The molecule has 0 radical (unpaired) electrons. The van der Waals surface area contributed by atoms with Gasteiger partial charge in [0.25, 0.3) is 0 Å². The first-order valence-electron chi connectivity index (χ1n) is 5.46. The molecule has 0 aliphatic heterocycles. The summed E-state index contributed by atoms with van der Waals surface area (Å²) >= 11 is 0. The first-order valence-corrected chi connectivity index (χ1v) is 5.46. The van der Waals surface area contributed by atoms with Crippen LogP contribution in [0.2, 0.25) is 0 Å². The van der Waals surface area contributed by atoms with Crippen LogP contribution in [-0.2, 0) is 5.54 Å². The van der Waals surface area contributed by atoms with E-state index in [0.29, 0.717) is 0 Å². The van der Waals surface area contributed by atoms with E-state index in [1.807, 2.05) is 25.1 Å². The lowest BCUT2D eigenvalue weighted by molar-refractivity contribution is 0.684. The Bertz CT molecular complexity index is 511. The summed E-state index contributed by atoms with van der Waals surface area (Å²) in [6.45, 7) is 2.01. The molecule has 1 fully saturated rings. The summed E-state index contributed by atoms with van der Waals surface area (Å²) < 4.78 is 0. The van der Waals surface area contributed by atoms with Crippen molar-refractivity contribution in [2.45, 2.75) is 25.3 Å². The van der Waals surface area contributed by atoms with Crippen molar-refractivity contribution in [2.75, 3.05) is 0 Å². The quantitative estimate of drug-likeness (QED) is 0.800. The second kappa shape index (κ2) is 3.15. The van der Waals surface area contributed by atoms with E-state index in [1.165, 1.54) is 0 Å². The van der Waals surface area contributed by atoms with Gasteiger partial charge in [-0.15, -0.1) is 0 Å². The average Bonchev–Trinajstić information content (AvgIpc) is 2.92. The Hall–Kier alpha value is -1.68. The molecule has 2 aromatic heterocycles. The first-order chi connectivity index (χ1) is 7.69. The van der Waals surface area contributed by atoms with Crippen molar-refractivity contribution in [3.63, 3.8) is 0 Å². The fourth-order valence-electron chi connectivity index (χ4n) is 1.82. The maximum Gasteiger partial charge on any atom is 0.127 e. The van der Waals surface area contributed by atoms with Gasteiger partial charge in [0, 0.05) is 11.9 Å². The summed E-state index contributed by atoms with van der Waals surface area (Å²) in [5.74, 6) is 0.894. The molecule has 0 aromatic carbocycles. The van der Waals surface area contributed by atoms with Crippen molar-refractivity contribution < 1.29 is 0 Å². The molecule has 0 unspecified atom stereocenters. The van der Waals surface area contributed by atoms with E-state index in [-0.39, 0.29) is 5.54 Å². The summed E-state index contributed by atoms with van der Waals surface area (Å²) in [6.07, 6.45) is 3.81. The maximum absolute atomic E-state index is 6.11. The second-order valence-corrected chi connectivity index (χ2v) is 4.43. The van der Waals surface area contributed by atoms with E-state index in [0.717, 1.165) is 35.7 Å². The first kappa shape index (κ1) is 9.54. The molecule has 1 saturated carbocycles. The molecule has 4 nitrogen and oxygen atoms in total. The molecule has 3 N–H and O–H groups in total. The number of nitrogens with two attached hydrogens (primary N) is 1. The van der Waals surface area contributed by atoms with Crippen LogP contribution in [0.5, 0.6) is 0 Å². The normalized spacial score (nSPS) is 17.4. The molecule has 0 amide bonds. The molecule has 4 heteroatoms. The van der Waals surface area contributed by atoms with E-state index in [9.17, 15) is 0 Å². The van der Waals surface area contributed by atoms with Gasteiger partial charge in [0.2, 0.25) is 0 Å². The van der Waals surface area contributed by atoms with E-state index >= 15 is 0 Å². The zero-order valence-corrected chi connectivity index (χ0v) is 9.20. The van der Waals surface area contributed by atoms with Crippen LogP contribution in [0.25, 0.3) is 11.4 Å². The molecule has 0 spiro atoms. The SMILES string of the molecule is Cc1[nH]c(C2(N)CC2)nc1-c1ccccn1. The number of aromatic amines is 1. The van der Waals surface area contributed by atoms with E-state index in [2.05, 4.69) is 15.0 Å². The van der Waals surface area contributed by atoms with Gasteiger partial charge in [-0.1, -0.05) is 6.07 Å². The molecule has 2 heterocycles. The van der Waals surface area contributed by atoms with Gasteiger partial charge in [0.05, 0.1) is 11.2 Å². The molecule has 1 aliphatic carbocycles. The largest absolute Gasteiger partial charge is 0.344 e. The highest BCUT2D eigenvalue weighted by molar-refractivity contribution is 5.57. The zero-order valence-electron chi connectivity index (χ0n) is 9.20. The van der Waals surface area contributed by atoms with Gasteiger partial charge in [-0.05, 0) is 31.9 Å². The van der Waals surface area contributed by atoms with Crippen LogP contribution in [-0.4, -0.2) is 15.0 Å². The van der Waals surface area contributed by atoms with Crippen LogP contribution in [0.1, 0.15) is 24.4 Å². The fourth-order valence-corrected chi connectivity index (χ4v) is 1.82. The topological polar surface area (TPSA) is 67.6 Å². The number of nitrogens with zero attached hydrogens (tertiary/aromatic N) is 2. The van der Waals surface area contributed by atoms with Crippen molar-refractivity contribution >= 4 is 0 Å². The standard InChI is InChI=1S/C12H14N4/c1-8-10(9-4-2-3-7-14-9)16-11(15-8)12(13)5-6-12/h2-4,7H,5-6,13H2,1H3,(H,15,16). The Labute approximate surface area is 93.9 Å². The van der Waals surface area contributed by atoms with Crippen LogP contribution >= 0.6 is 0 Å². The van der Waals surface area contributed by atoms with Crippen molar-refractivity contribution in [1.82, 2.24) is 15.0 Å². The van der Waals surface area contributed by atoms with Crippen molar-refractivity contribution in [3.05, 3.63) is 35.9 Å². The number of aromatic nitrogens is 3. The Balaban J connectivity index is 2.06. The van der Waals surface area contributed by atoms with Crippen molar-refractivity contribution in [3.8, 4) is 11.4 Å². The van der Waals surface area contributed by atoms with Gasteiger partial charge in [0.1, 0.15) is 11.5 Å². The Morgan fingerprint density at radius 3 is 2.81 bits per heavy atom. The minimum absolute atomic E-state index is 0.211. The predicted molar refractivity (Wildman–Crippen MR) is 61.7 cm³/mol. The molecule has 82 valence electrons. The lowest BCUT2D eigenvalue weighted by atomic mass is 10.2. The number of rotatable bonds is 2. The highest BCUT2D eigenvalue weighted by Crippen LogP contribution is 2.41. The van der Waals surface area contributed by atoms with Crippen LogP contribution in [0.15, 0.2) is 24.4 Å². The number of pyridine rings is 1. The third-order valence-electron chi connectivity index (χ3n) is 3.05.